The fourth-order valence-corrected chi connectivity index (χ4v) is 3.02. The smallest absolute Gasteiger partial charge is 0.343 e. The van der Waals surface area contributed by atoms with Gasteiger partial charge in [-0.25, -0.2) is 19.1 Å². The monoisotopic (exact) mass is 382 g/mol. The molecule has 0 saturated carbocycles. The predicted octanol–water partition coefficient (Wildman–Crippen LogP) is 0.638. The number of carbonyl (C=O) groups is 2. The maximum atomic E-state index is 13.0. The number of H-pyrrole nitrogens is 1. The van der Waals surface area contributed by atoms with Crippen molar-refractivity contribution in [2.75, 3.05) is 14.2 Å². The summed E-state index contributed by atoms with van der Waals surface area (Å²) in [5.74, 6) is -1.02. The first-order valence-electron chi connectivity index (χ1n) is 8.08. The number of pyridine rings is 1. The summed E-state index contributed by atoms with van der Waals surface area (Å²) < 4.78 is 12.1. The highest BCUT2D eigenvalue weighted by molar-refractivity contribution is 5.98. The van der Waals surface area contributed by atoms with Crippen LogP contribution in [-0.4, -0.2) is 55.5 Å². The van der Waals surface area contributed by atoms with Crippen LogP contribution < -0.4 is 5.56 Å². The average Bonchev–Trinajstić information content (AvgIpc) is 3.31. The molecule has 0 saturated heterocycles. The molecule has 0 unspecified atom stereocenters. The van der Waals surface area contributed by atoms with Crippen molar-refractivity contribution in [2.45, 2.75) is 6.92 Å². The fraction of sp³-hybridized carbons (Fsp3) is 0.176. The summed E-state index contributed by atoms with van der Waals surface area (Å²) in [5.41, 5.74) is 1.05. The molecule has 0 aliphatic carbocycles. The number of methoxy groups -OCH3 is 2. The summed E-state index contributed by atoms with van der Waals surface area (Å²) in [6.45, 7) is 1.65. The standard InChI is InChI=1S/C17H14N6O5/c1-8-12(17(26)28-3)14-18-6-9-11(23(14)21-8)4-5-22(15(9)24)13-10(7-19-20-13)16(25)27-2/h4-7H,1-3H3,(H,19,20). The topological polar surface area (TPSA) is 133 Å². The average molecular weight is 382 g/mol. The molecule has 0 aliphatic heterocycles. The van der Waals surface area contributed by atoms with Crippen LogP contribution in [0, 0.1) is 6.92 Å². The lowest BCUT2D eigenvalue weighted by Crippen LogP contribution is -2.21. The molecule has 28 heavy (non-hydrogen) atoms. The van der Waals surface area contributed by atoms with E-state index >= 15 is 0 Å². The summed E-state index contributed by atoms with van der Waals surface area (Å²) in [7, 11) is 2.51. The van der Waals surface area contributed by atoms with Gasteiger partial charge in [0.25, 0.3) is 5.56 Å². The number of hydrogen-bond acceptors (Lipinski definition) is 8. The van der Waals surface area contributed by atoms with Crippen LogP contribution in [0.4, 0.5) is 0 Å². The van der Waals surface area contributed by atoms with Crippen molar-refractivity contribution in [1.82, 2.24) is 29.4 Å². The molecule has 0 atom stereocenters. The first-order chi connectivity index (χ1) is 13.5. The highest BCUT2D eigenvalue weighted by Crippen LogP contribution is 2.20. The Bertz CT molecular complexity index is 1320. The molecule has 142 valence electrons. The minimum Gasteiger partial charge on any atom is -0.465 e. The van der Waals surface area contributed by atoms with Crippen molar-refractivity contribution in [1.29, 1.82) is 0 Å². The number of hydrogen-bond donors (Lipinski definition) is 1. The van der Waals surface area contributed by atoms with Gasteiger partial charge >= 0.3 is 11.9 Å². The van der Waals surface area contributed by atoms with Gasteiger partial charge in [-0.3, -0.25) is 14.5 Å². The van der Waals surface area contributed by atoms with Crippen LogP contribution in [0.2, 0.25) is 0 Å². The van der Waals surface area contributed by atoms with Crippen LogP contribution in [-0.2, 0) is 9.47 Å². The maximum absolute atomic E-state index is 13.0. The van der Waals surface area contributed by atoms with E-state index in [1.807, 2.05) is 0 Å². The van der Waals surface area contributed by atoms with Crippen LogP contribution in [0.1, 0.15) is 26.4 Å². The molecule has 11 nitrogen and oxygen atoms in total. The molecular weight excluding hydrogens is 368 g/mol. The number of rotatable bonds is 3. The Balaban J connectivity index is 1.98. The fourth-order valence-electron chi connectivity index (χ4n) is 3.02. The minimum absolute atomic E-state index is 0.112. The number of aromatic amines is 1. The normalized spacial score (nSPS) is 11.1. The van der Waals surface area contributed by atoms with E-state index in [0.717, 1.165) is 0 Å². The molecule has 4 aromatic rings. The van der Waals surface area contributed by atoms with Gasteiger partial charge in [0.05, 0.1) is 37.0 Å². The van der Waals surface area contributed by atoms with E-state index in [1.54, 1.807) is 13.0 Å². The first kappa shape index (κ1) is 17.4. The van der Waals surface area contributed by atoms with Gasteiger partial charge < -0.3 is 9.47 Å². The zero-order valence-corrected chi connectivity index (χ0v) is 15.1. The Kier molecular flexibility index (Phi) is 3.91. The Labute approximate surface area is 156 Å². The molecule has 4 heterocycles. The van der Waals surface area contributed by atoms with E-state index < -0.39 is 17.5 Å². The highest BCUT2D eigenvalue weighted by Gasteiger charge is 2.22. The zero-order valence-electron chi connectivity index (χ0n) is 15.1. The van der Waals surface area contributed by atoms with Gasteiger partial charge in [0.15, 0.2) is 5.65 Å². The number of nitrogens with zero attached hydrogens (tertiary/aromatic N) is 5. The van der Waals surface area contributed by atoms with E-state index in [0.29, 0.717) is 11.2 Å². The van der Waals surface area contributed by atoms with Gasteiger partial charge in [-0.2, -0.15) is 10.2 Å². The molecule has 0 aromatic carbocycles. The number of carbonyl (C=O) groups excluding carboxylic acids is 2. The van der Waals surface area contributed by atoms with Gasteiger partial charge in [0.1, 0.15) is 16.9 Å². The molecule has 0 bridgehead atoms. The Morgan fingerprint density at radius 3 is 2.61 bits per heavy atom. The van der Waals surface area contributed by atoms with Gasteiger partial charge in [-0.05, 0) is 13.0 Å². The zero-order chi connectivity index (χ0) is 20.0. The van der Waals surface area contributed by atoms with Crippen molar-refractivity contribution >= 4 is 28.5 Å². The molecule has 0 fully saturated rings. The second kappa shape index (κ2) is 6.30. The van der Waals surface area contributed by atoms with Crippen molar-refractivity contribution in [3.05, 3.63) is 51.8 Å². The third kappa shape index (κ3) is 2.36. The lowest BCUT2D eigenvalue weighted by atomic mass is 10.2. The lowest BCUT2D eigenvalue weighted by Gasteiger charge is -2.07. The van der Waals surface area contributed by atoms with Crippen LogP contribution in [0.3, 0.4) is 0 Å². The minimum atomic E-state index is -0.630. The summed E-state index contributed by atoms with van der Waals surface area (Å²) in [5, 5.41) is 11.0. The molecule has 0 aliphatic rings. The summed E-state index contributed by atoms with van der Waals surface area (Å²) in [6.07, 6.45) is 4.10. The number of aryl methyl sites for hydroxylation is 1. The first-order valence-corrected chi connectivity index (χ1v) is 8.08. The third-order valence-corrected chi connectivity index (χ3v) is 4.34. The molecule has 0 radical (unpaired) electrons. The molecule has 0 amide bonds. The molecule has 1 N–H and O–H groups in total. The number of esters is 2. The van der Waals surface area contributed by atoms with Crippen molar-refractivity contribution in [3.8, 4) is 5.82 Å². The molecular formula is C17H14N6O5. The van der Waals surface area contributed by atoms with Gasteiger partial charge in [0, 0.05) is 12.4 Å². The second-order valence-corrected chi connectivity index (χ2v) is 5.86. The number of fused-ring (bicyclic) bond motifs is 3. The van der Waals surface area contributed by atoms with E-state index in [-0.39, 0.29) is 28.0 Å². The van der Waals surface area contributed by atoms with Crippen LogP contribution >= 0.6 is 0 Å². The maximum Gasteiger partial charge on any atom is 0.343 e. The number of aromatic nitrogens is 6. The molecule has 11 heteroatoms. The predicted molar refractivity (Wildman–Crippen MR) is 95.7 cm³/mol. The quantitative estimate of drug-likeness (QED) is 0.510. The highest BCUT2D eigenvalue weighted by atomic mass is 16.5. The Hall–Kier alpha value is -4.02. The Morgan fingerprint density at radius 2 is 1.89 bits per heavy atom. The van der Waals surface area contributed by atoms with E-state index in [9.17, 15) is 14.4 Å². The van der Waals surface area contributed by atoms with Gasteiger partial charge in [-0.15, -0.1) is 0 Å². The van der Waals surface area contributed by atoms with Crippen molar-refractivity contribution in [3.63, 3.8) is 0 Å². The third-order valence-electron chi connectivity index (χ3n) is 4.34. The Morgan fingerprint density at radius 1 is 1.14 bits per heavy atom. The van der Waals surface area contributed by atoms with E-state index in [4.69, 9.17) is 9.47 Å². The van der Waals surface area contributed by atoms with E-state index in [2.05, 4.69) is 20.3 Å². The van der Waals surface area contributed by atoms with Crippen molar-refractivity contribution < 1.29 is 19.1 Å². The molecule has 4 rings (SSSR count). The SMILES string of the molecule is COC(=O)c1cn[nH]c1-n1ccc2c(cnc3c(C(=O)OC)c(C)nn32)c1=O. The van der Waals surface area contributed by atoms with Crippen LogP contribution in [0.15, 0.2) is 29.5 Å². The second-order valence-electron chi connectivity index (χ2n) is 5.86. The van der Waals surface area contributed by atoms with E-state index in [1.165, 1.54) is 41.9 Å². The molecule has 4 aromatic heterocycles. The van der Waals surface area contributed by atoms with Crippen LogP contribution in [0.5, 0.6) is 0 Å². The number of ether oxygens (including phenoxy) is 2. The van der Waals surface area contributed by atoms with Gasteiger partial charge in [0.2, 0.25) is 0 Å². The van der Waals surface area contributed by atoms with Crippen molar-refractivity contribution in [2.24, 2.45) is 0 Å². The largest absolute Gasteiger partial charge is 0.465 e. The summed E-state index contributed by atoms with van der Waals surface area (Å²) >= 11 is 0. The van der Waals surface area contributed by atoms with Gasteiger partial charge in [-0.1, -0.05) is 0 Å². The molecule has 0 spiro atoms. The lowest BCUT2D eigenvalue weighted by molar-refractivity contribution is 0.0592. The van der Waals surface area contributed by atoms with Crippen LogP contribution in [0.25, 0.3) is 22.4 Å². The summed E-state index contributed by atoms with van der Waals surface area (Å²) in [6, 6.07) is 1.63. The number of nitrogens with one attached hydrogen (secondary N) is 1. The summed E-state index contributed by atoms with van der Waals surface area (Å²) in [4.78, 5) is 41.1.